The van der Waals surface area contributed by atoms with Crippen molar-refractivity contribution in [1.82, 2.24) is 9.88 Å². The Labute approximate surface area is 137 Å². The molecule has 2 fully saturated rings. The Bertz CT molecular complexity index is 514. The molecule has 7 nitrogen and oxygen atoms in total. The third kappa shape index (κ3) is 4.25. The van der Waals surface area contributed by atoms with Crippen molar-refractivity contribution in [2.45, 2.75) is 6.92 Å². The van der Waals surface area contributed by atoms with Gasteiger partial charge in [-0.05, 0) is 6.92 Å². The Hall–Kier alpha value is -1.57. The van der Waals surface area contributed by atoms with Gasteiger partial charge >= 0.3 is 0 Å². The van der Waals surface area contributed by atoms with Gasteiger partial charge in [-0.15, -0.1) is 0 Å². The number of rotatable bonds is 5. The molecular weight excluding hydrogens is 296 g/mol. The molecule has 128 valence electrons. The van der Waals surface area contributed by atoms with Gasteiger partial charge in [0.2, 0.25) is 5.88 Å². The Morgan fingerprint density at radius 3 is 2.48 bits per heavy atom. The van der Waals surface area contributed by atoms with E-state index in [4.69, 9.17) is 19.9 Å². The molecule has 0 radical (unpaired) electrons. The predicted octanol–water partition coefficient (Wildman–Crippen LogP) is 0.520. The van der Waals surface area contributed by atoms with Gasteiger partial charge in [-0.2, -0.15) is 4.98 Å². The molecular formula is C16H26N4O3. The van der Waals surface area contributed by atoms with E-state index in [0.29, 0.717) is 18.3 Å². The van der Waals surface area contributed by atoms with E-state index in [0.717, 1.165) is 70.4 Å². The third-order valence-electron chi connectivity index (χ3n) is 4.32. The summed E-state index contributed by atoms with van der Waals surface area (Å²) >= 11 is 0. The second-order valence-electron chi connectivity index (χ2n) is 5.90. The van der Waals surface area contributed by atoms with Crippen molar-refractivity contribution >= 4 is 11.5 Å². The molecule has 0 bridgehead atoms. The van der Waals surface area contributed by atoms with Gasteiger partial charge in [-0.1, -0.05) is 0 Å². The Kier molecular flexibility index (Phi) is 5.53. The molecule has 3 heterocycles. The van der Waals surface area contributed by atoms with Crippen LogP contribution in [0.3, 0.4) is 0 Å². The van der Waals surface area contributed by atoms with Crippen molar-refractivity contribution in [3.05, 3.63) is 11.6 Å². The van der Waals surface area contributed by atoms with Gasteiger partial charge in [0.25, 0.3) is 0 Å². The highest BCUT2D eigenvalue weighted by atomic mass is 16.5. The standard InChI is InChI=1S/C16H26N4O3/c1-13-14(20-5-9-22-10-6-20)12-15(17)18-16(13)23-11-4-19-2-7-21-8-3-19/h12H,2-11H2,1H3,(H2,17,18). The first-order valence-corrected chi connectivity index (χ1v) is 8.27. The number of morpholine rings is 2. The molecule has 7 heteroatoms. The predicted molar refractivity (Wildman–Crippen MR) is 89.2 cm³/mol. The van der Waals surface area contributed by atoms with E-state index in [9.17, 15) is 0 Å². The van der Waals surface area contributed by atoms with E-state index in [1.165, 1.54) is 0 Å². The number of nitrogens with two attached hydrogens (primary N) is 1. The van der Waals surface area contributed by atoms with Crippen molar-refractivity contribution in [2.75, 3.05) is 76.4 Å². The summed E-state index contributed by atoms with van der Waals surface area (Å²) in [6.07, 6.45) is 0. The number of anilines is 2. The smallest absolute Gasteiger partial charge is 0.220 e. The van der Waals surface area contributed by atoms with E-state index in [1.54, 1.807) is 0 Å². The monoisotopic (exact) mass is 322 g/mol. The fraction of sp³-hybridized carbons (Fsp3) is 0.688. The number of hydrogen-bond acceptors (Lipinski definition) is 7. The van der Waals surface area contributed by atoms with E-state index in [-0.39, 0.29) is 0 Å². The SMILES string of the molecule is Cc1c(N2CCOCC2)cc(N)nc1OCCN1CCOCC1. The average Bonchev–Trinajstić information content (AvgIpc) is 2.59. The molecule has 0 spiro atoms. The summed E-state index contributed by atoms with van der Waals surface area (Å²) in [7, 11) is 0. The van der Waals surface area contributed by atoms with E-state index in [2.05, 4.69) is 14.8 Å². The summed E-state index contributed by atoms with van der Waals surface area (Å²) in [6.45, 7) is 10.3. The third-order valence-corrected chi connectivity index (χ3v) is 4.32. The molecule has 3 rings (SSSR count). The normalized spacial score (nSPS) is 19.8. The summed E-state index contributed by atoms with van der Waals surface area (Å²) in [5.41, 5.74) is 8.12. The summed E-state index contributed by atoms with van der Waals surface area (Å²) < 4.78 is 16.7. The maximum Gasteiger partial charge on any atom is 0.220 e. The van der Waals surface area contributed by atoms with Gasteiger partial charge in [0.05, 0.1) is 26.4 Å². The molecule has 2 N–H and O–H groups in total. The van der Waals surface area contributed by atoms with E-state index >= 15 is 0 Å². The van der Waals surface area contributed by atoms with Crippen LogP contribution in [0, 0.1) is 6.92 Å². The molecule has 0 atom stereocenters. The van der Waals surface area contributed by atoms with Crippen LogP contribution >= 0.6 is 0 Å². The second kappa shape index (κ2) is 7.81. The fourth-order valence-corrected chi connectivity index (χ4v) is 2.96. The first kappa shape index (κ1) is 16.3. The van der Waals surface area contributed by atoms with Crippen LogP contribution in [-0.4, -0.2) is 75.6 Å². The molecule has 0 unspecified atom stereocenters. The number of pyridine rings is 1. The second-order valence-corrected chi connectivity index (χ2v) is 5.90. The van der Waals surface area contributed by atoms with Crippen molar-refractivity contribution in [1.29, 1.82) is 0 Å². The van der Waals surface area contributed by atoms with Crippen LogP contribution in [0.2, 0.25) is 0 Å². The van der Waals surface area contributed by atoms with Crippen LogP contribution in [0.15, 0.2) is 6.07 Å². The molecule has 2 aliphatic rings. The van der Waals surface area contributed by atoms with Crippen LogP contribution in [0.1, 0.15) is 5.56 Å². The minimum Gasteiger partial charge on any atom is -0.476 e. The molecule has 0 saturated carbocycles. The minimum absolute atomic E-state index is 0.499. The number of hydrogen-bond donors (Lipinski definition) is 1. The van der Waals surface area contributed by atoms with Gasteiger partial charge in [-0.3, -0.25) is 4.90 Å². The first-order chi connectivity index (χ1) is 11.2. The average molecular weight is 322 g/mol. The molecule has 2 saturated heterocycles. The summed E-state index contributed by atoms with van der Waals surface area (Å²) in [5.74, 6) is 1.14. The van der Waals surface area contributed by atoms with Crippen LogP contribution in [0.25, 0.3) is 0 Å². The van der Waals surface area contributed by atoms with E-state index in [1.807, 2.05) is 13.0 Å². The molecule has 23 heavy (non-hydrogen) atoms. The lowest BCUT2D eigenvalue weighted by Gasteiger charge is -2.31. The van der Waals surface area contributed by atoms with Crippen molar-refractivity contribution in [3.8, 4) is 5.88 Å². The highest BCUT2D eigenvalue weighted by Crippen LogP contribution is 2.29. The van der Waals surface area contributed by atoms with Gasteiger partial charge in [0.15, 0.2) is 0 Å². The lowest BCUT2D eigenvalue weighted by atomic mass is 10.2. The Morgan fingerprint density at radius 1 is 1.13 bits per heavy atom. The minimum atomic E-state index is 0.499. The van der Waals surface area contributed by atoms with Gasteiger partial charge in [0, 0.05) is 50.0 Å². The molecule has 2 aliphatic heterocycles. The zero-order valence-electron chi connectivity index (χ0n) is 13.8. The van der Waals surface area contributed by atoms with Crippen LogP contribution < -0.4 is 15.4 Å². The highest BCUT2D eigenvalue weighted by Gasteiger charge is 2.18. The largest absolute Gasteiger partial charge is 0.476 e. The summed E-state index contributed by atoms with van der Waals surface area (Å²) in [6, 6.07) is 1.93. The Morgan fingerprint density at radius 2 is 1.78 bits per heavy atom. The van der Waals surface area contributed by atoms with Crippen molar-refractivity contribution in [2.24, 2.45) is 0 Å². The van der Waals surface area contributed by atoms with Gasteiger partial charge in [0.1, 0.15) is 12.4 Å². The first-order valence-electron chi connectivity index (χ1n) is 8.27. The van der Waals surface area contributed by atoms with Crippen LogP contribution in [0.4, 0.5) is 11.5 Å². The van der Waals surface area contributed by atoms with Crippen LogP contribution in [0.5, 0.6) is 5.88 Å². The lowest BCUT2D eigenvalue weighted by Crippen LogP contribution is -2.38. The van der Waals surface area contributed by atoms with Crippen LogP contribution in [-0.2, 0) is 9.47 Å². The molecule has 0 amide bonds. The quantitative estimate of drug-likeness (QED) is 0.847. The van der Waals surface area contributed by atoms with Gasteiger partial charge in [-0.25, -0.2) is 0 Å². The highest BCUT2D eigenvalue weighted by molar-refractivity contribution is 5.62. The van der Waals surface area contributed by atoms with Crippen molar-refractivity contribution in [3.63, 3.8) is 0 Å². The molecule has 0 aliphatic carbocycles. The number of nitrogen functional groups attached to an aromatic ring is 1. The fourth-order valence-electron chi connectivity index (χ4n) is 2.96. The molecule has 1 aromatic rings. The lowest BCUT2D eigenvalue weighted by molar-refractivity contribution is 0.0319. The molecule has 0 aromatic carbocycles. The molecule has 1 aromatic heterocycles. The zero-order chi connectivity index (χ0) is 16.1. The maximum absolute atomic E-state index is 5.97. The Balaban J connectivity index is 1.62. The van der Waals surface area contributed by atoms with Crippen molar-refractivity contribution < 1.29 is 14.2 Å². The summed E-state index contributed by atoms with van der Waals surface area (Å²) in [5, 5.41) is 0. The number of nitrogens with zero attached hydrogens (tertiary/aromatic N) is 3. The van der Waals surface area contributed by atoms with E-state index < -0.39 is 0 Å². The summed E-state index contributed by atoms with van der Waals surface area (Å²) in [4.78, 5) is 8.99. The van der Waals surface area contributed by atoms with Gasteiger partial charge < -0.3 is 24.8 Å². The number of aromatic nitrogens is 1. The topological polar surface area (TPSA) is 73.1 Å². The number of ether oxygens (including phenoxy) is 3. The maximum atomic E-state index is 5.97. The zero-order valence-corrected chi connectivity index (χ0v) is 13.8.